The van der Waals surface area contributed by atoms with Crippen molar-refractivity contribution in [2.45, 2.75) is 13.8 Å². The van der Waals surface area contributed by atoms with Gasteiger partial charge in [0.2, 0.25) is 0 Å². The lowest BCUT2D eigenvalue weighted by molar-refractivity contribution is 0.0698. The molecule has 0 bridgehead atoms. The SMILES string of the molecule is CCN(CC)S(=O)(=O)N(C)c1ccc(N)cc1C(=O)O. The quantitative estimate of drug-likeness (QED) is 0.762. The number of nitrogen functional groups attached to an aromatic ring is 1. The molecule has 0 spiro atoms. The fraction of sp³-hybridized carbons (Fsp3) is 0.417. The van der Waals surface area contributed by atoms with Gasteiger partial charge in [0.15, 0.2) is 0 Å². The van der Waals surface area contributed by atoms with E-state index in [9.17, 15) is 13.2 Å². The first kappa shape index (κ1) is 16.3. The molecule has 0 radical (unpaired) electrons. The Kier molecular flexibility index (Phi) is 4.96. The molecule has 1 aromatic rings. The first-order chi connectivity index (χ1) is 9.25. The van der Waals surface area contributed by atoms with Crippen molar-refractivity contribution in [2.24, 2.45) is 0 Å². The van der Waals surface area contributed by atoms with E-state index in [-0.39, 0.29) is 16.9 Å². The maximum atomic E-state index is 12.4. The van der Waals surface area contributed by atoms with Gasteiger partial charge in [-0.1, -0.05) is 13.8 Å². The Hall–Kier alpha value is -1.80. The summed E-state index contributed by atoms with van der Waals surface area (Å²) in [5.74, 6) is -1.23. The number of aromatic carboxylic acids is 1. The third-order valence-corrected chi connectivity index (χ3v) is 5.03. The molecule has 3 N–H and O–H groups in total. The number of hydrogen-bond acceptors (Lipinski definition) is 4. The number of hydrogen-bond donors (Lipinski definition) is 2. The molecule has 0 unspecified atom stereocenters. The van der Waals surface area contributed by atoms with Crippen LogP contribution in [0.5, 0.6) is 0 Å². The Morgan fingerprint density at radius 1 is 1.30 bits per heavy atom. The van der Waals surface area contributed by atoms with Gasteiger partial charge in [0, 0.05) is 25.8 Å². The van der Waals surface area contributed by atoms with Crippen molar-refractivity contribution in [1.82, 2.24) is 4.31 Å². The van der Waals surface area contributed by atoms with E-state index < -0.39 is 16.2 Å². The number of nitrogens with two attached hydrogens (primary N) is 1. The van der Waals surface area contributed by atoms with E-state index in [4.69, 9.17) is 10.8 Å². The van der Waals surface area contributed by atoms with Crippen molar-refractivity contribution in [3.8, 4) is 0 Å². The smallest absolute Gasteiger partial charge is 0.337 e. The molecule has 20 heavy (non-hydrogen) atoms. The summed E-state index contributed by atoms with van der Waals surface area (Å²) >= 11 is 0. The number of carboxylic acid groups (broad SMARTS) is 1. The van der Waals surface area contributed by atoms with Gasteiger partial charge in [0.1, 0.15) is 0 Å². The van der Waals surface area contributed by atoms with Crippen LogP contribution in [-0.2, 0) is 10.2 Å². The molecule has 0 aliphatic carbocycles. The number of anilines is 2. The predicted molar refractivity (Wildman–Crippen MR) is 78.1 cm³/mol. The predicted octanol–water partition coefficient (Wildman–Crippen LogP) is 0.990. The third kappa shape index (κ3) is 3.02. The molecule has 112 valence electrons. The summed E-state index contributed by atoms with van der Waals surface area (Å²) in [6.07, 6.45) is 0. The molecule has 7 nitrogen and oxygen atoms in total. The fourth-order valence-electron chi connectivity index (χ4n) is 1.85. The second-order valence-corrected chi connectivity index (χ2v) is 6.10. The van der Waals surface area contributed by atoms with Crippen molar-refractivity contribution < 1.29 is 18.3 Å². The molecule has 1 rings (SSSR count). The zero-order chi connectivity index (χ0) is 15.5. The molecule has 0 aliphatic rings. The van der Waals surface area contributed by atoms with Crippen molar-refractivity contribution in [1.29, 1.82) is 0 Å². The second kappa shape index (κ2) is 6.10. The van der Waals surface area contributed by atoms with Crippen LogP contribution in [0, 0.1) is 0 Å². The lowest BCUT2D eigenvalue weighted by atomic mass is 10.1. The summed E-state index contributed by atoms with van der Waals surface area (Å²) in [5, 5.41) is 9.17. The first-order valence-electron chi connectivity index (χ1n) is 6.12. The monoisotopic (exact) mass is 301 g/mol. The number of rotatable bonds is 6. The van der Waals surface area contributed by atoms with Gasteiger partial charge in [0.05, 0.1) is 11.3 Å². The highest BCUT2D eigenvalue weighted by Gasteiger charge is 2.27. The summed E-state index contributed by atoms with van der Waals surface area (Å²) in [5.41, 5.74) is 5.74. The van der Waals surface area contributed by atoms with Gasteiger partial charge in [-0.15, -0.1) is 0 Å². The average molecular weight is 301 g/mol. The van der Waals surface area contributed by atoms with Crippen LogP contribution < -0.4 is 10.0 Å². The summed E-state index contributed by atoms with van der Waals surface area (Å²) in [7, 11) is -2.44. The van der Waals surface area contributed by atoms with Crippen LogP contribution in [0.2, 0.25) is 0 Å². The van der Waals surface area contributed by atoms with Crippen LogP contribution in [-0.4, -0.2) is 43.9 Å². The summed E-state index contributed by atoms with van der Waals surface area (Å²) in [6.45, 7) is 4.05. The minimum Gasteiger partial charge on any atom is -0.478 e. The molecular weight excluding hydrogens is 282 g/mol. The fourth-order valence-corrected chi connectivity index (χ4v) is 3.25. The highest BCUT2D eigenvalue weighted by molar-refractivity contribution is 7.90. The van der Waals surface area contributed by atoms with Gasteiger partial charge in [-0.3, -0.25) is 4.31 Å². The van der Waals surface area contributed by atoms with E-state index in [0.717, 1.165) is 4.31 Å². The molecule has 8 heteroatoms. The van der Waals surface area contributed by atoms with E-state index in [1.807, 2.05) is 0 Å². The number of nitrogens with zero attached hydrogens (tertiary/aromatic N) is 2. The zero-order valence-corrected chi connectivity index (χ0v) is 12.5. The van der Waals surface area contributed by atoms with Crippen LogP contribution >= 0.6 is 0 Å². The third-order valence-electron chi connectivity index (χ3n) is 2.97. The Labute approximate surface area is 118 Å². The lowest BCUT2D eigenvalue weighted by Gasteiger charge is -2.27. The van der Waals surface area contributed by atoms with Gasteiger partial charge in [-0.2, -0.15) is 12.7 Å². The number of carboxylic acids is 1. The average Bonchev–Trinajstić information content (AvgIpc) is 2.38. The van der Waals surface area contributed by atoms with Crippen molar-refractivity contribution in [2.75, 3.05) is 30.2 Å². The zero-order valence-electron chi connectivity index (χ0n) is 11.7. The maximum absolute atomic E-state index is 12.4. The summed E-state index contributed by atoms with van der Waals surface area (Å²) < 4.78 is 27.0. The van der Waals surface area contributed by atoms with E-state index in [1.165, 1.54) is 29.6 Å². The van der Waals surface area contributed by atoms with Crippen LogP contribution in [0.1, 0.15) is 24.2 Å². The molecular formula is C12H19N3O4S. The Bertz CT molecular complexity index is 597. The van der Waals surface area contributed by atoms with Crippen LogP contribution in [0.4, 0.5) is 11.4 Å². The summed E-state index contributed by atoms with van der Waals surface area (Å²) in [6, 6.07) is 4.10. The van der Waals surface area contributed by atoms with Gasteiger partial charge in [-0.05, 0) is 18.2 Å². The maximum Gasteiger partial charge on any atom is 0.337 e. The van der Waals surface area contributed by atoms with E-state index >= 15 is 0 Å². The Morgan fingerprint density at radius 2 is 1.85 bits per heavy atom. The van der Waals surface area contributed by atoms with Gasteiger partial charge in [-0.25, -0.2) is 4.79 Å². The molecule has 0 aromatic heterocycles. The highest BCUT2D eigenvalue weighted by Crippen LogP contribution is 2.25. The number of benzene rings is 1. The molecule has 0 aliphatic heterocycles. The molecule has 0 saturated carbocycles. The molecule has 0 amide bonds. The topological polar surface area (TPSA) is 104 Å². The van der Waals surface area contributed by atoms with Crippen LogP contribution in [0.15, 0.2) is 18.2 Å². The van der Waals surface area contributed by atoms with Gasteiger partial charge in [0.25, 0.3) is 0 Å². The Morgan fingerprint density at radius 3 is 2.30 bits per heavy atom. The number of carbonyl (C=O) groups is 1. The van der Waals surface area contributed by atoms with Gasteiger partial charge < -0.3 is 10.8 Å². The van der Waals surface area contributed by atoms with Crippen LogP contribution in [0.25, 0.3) is 0 Å². The van der Waals surface area contributed by atoms with Crippen LogP contribution in [0.3, 0.4) is 0 Å². The lowest BCUT2D eigenvalue weighted by Crippen LogP contribution is -2.42. The summed E-state index contributed by atoms with van der Waals surface area (Å²) in [4.78, 5) is 11.2. The van der Waals surface area contributed by atoms with Gasteiger partial charge >= 0.3 is 16.2 Å². The molecule has 0 saturated heterocycles. The molecule has 0 heterocycles. The normalized spacial score (nSPS) is 11.6. The van der Waals surface area contributed by atoms with E-state index in [2.05, 4.69) is 0 Å². The Balaban J connectivity index is 3.35. The largest absolute Gasteiger partial charge is 0.478 e. The standard InChI is InChI=1S/C12H19N3O4S/c1-4-15(5-2)20(18,19)14(3)11-7-6-9(13)8-10(11)12(16)17/h6-8H,4-5,13H2,1-3H3,(H,16,17). The molecule has 0 atom stereocenters. The van der Waals surface area contributed by atoms with E-state index in [1.54, 1.807) is 13.8 Å². The molecule has 1 aromatic carbocycles. The minimum absolute atomic E-state index is 0.0820. The highest BCUT2D eigenvalue weighted by atomic mass is 32.2. The van der Waals surface area contributed by atoms with Crippen molar-refractivity contribution in [3.63, 3.8) is 0 Å². The minimum atomic E-state index is -3.76. The first-order valence-corrected chi connectivity index (χ1v) is 7.52. The van der Waals surface area contributed by atoms with Crippen molar-refractivity contribution >= 4 is 27.6 Å². The van der Waals surface area contributed by atoms with Crippen molar-refractivity contribution in [3.05, 3.63) is 23.8 Å². The van der Waals surface area contributed by atoms with E-state index in [0.29, 0.717) is 13.1 Å². The molecule has 0 fully saturated rings. The second-order valence-electron chi connectivity index (χ2n) is 4.14.